The summed E-state index contributed by atoms with van der Waals surface area (Å²) in [5.74, 6) is -3.91. The van der Waals surface area contributed by atoms with Crippen molar-refractivity contribution >= 4 is 29.6 Å². The highest BCUT2D eigenvalue weighted by Crippen LogP contribution is 2.09. The molecule has 0 aromatic rings. The topological polar surface area (TPSA) is 246 Å². The molecule has 13 nitrogen and oxygen atoms in total. The largest absolute Gasteiger partial charge is 0.480 e. The Morgan fingerprint density at radius 3 is 1.58 bits per heavy atom. The smallest absolute Gasteiger partial charge is 0.326 e. The lowest BCUT2D eigenvalue weighted by atomic mass is 9.98. The molecule has 0 aliphatic heterocycles. The molecule has 0 aromatic carbocycles. The van der Waals surface area contributed by atoms with Crippen LogP contribution in [0, 0.1) is 5.92 Å². The molecular weight excluding hydrogens is 470 g/mol. The fraction of sp³-hybridized carbons (Fsp3) is 0.783. The van der Waals surface area contributed by atoms with Gasteiger partial charge >= 0.3 is 5.97 Å². The Hall–Kier alpha value is -2.77. The minimum atomic E-state index is -1.35. The van der Waals surface area contributed by atoms with Crippen LogP contribution in [0.25, 0.3) is 0 Å². The molecule has 0 aromatic heterocycles. The molecule has 0 saturated carbocycles. The number of carboxylic acid groups (broad SMARTS) is 1. The maximum Gasteiger partial charge on any atom is 0.326 e. The summed E-state index contributed by atoms with van der Waals surface area (Å²) in [5.41, 5.74) is 22.2. The molecule has 5 unspecified atom stereocenters. The van der Waals surface area contributed by atoms with E-state index in [1.807, 2.05) is 13.8 Å². The van der Waals surface area contributed by atoms with Gasteiger partial charge in [-0.15, -0.1) is 0 Å². The van der Waals surface area contributed by atoms with Gasteiger partial charge in [-0.05, 0) is 64.0 Å². The summed E-state index contributed by atoms with van der Waals surface area (Å²) in [6.45, 7) is 4.54. The van der Waals surface area contributed by atoms with Crippen molar-refractivity contribution in [2.75, 3.05) is 13.1 Å². The average molecular weight is 516 g/mol. The third-order valence-corrected chi connectivity index (χ3v) is 6.01. The van der Waals surface area contributed by atoms with Gasteiger partial charge in [0.15, 0.2) is 0 Å². The fourth-order valence-corrected chi connectivity index (χ4v) is 3.39. The Balaban J connectivity index is 5.57. The van der Waals surface area contributed by atoms with Crippen LogP contribution < -0.4 is 38.9 Å². The lowest BCUT2D eigenvalue weighted by Crippen LogP contribution is -2.57. The number of carbonyl (C=O) groups is 5. The predicted octanol–water partition coefficient (Wildman–Crippen LogP) is -1.58. The number of unbranched alkanes of at least 4 members (excludes halogenated alkanes) is 2. The number of amides is 4. The maximum absolute atomic E-state index is 13.1. The van der Waals surface area contributed by atoms with Crippen LogP contribution in [0.3, 0.4) is 0 Å². The van der Waals surface area contributed by atoms with Crippen LogP contribution >= 0.6 is 0 Å². The van der Waals surface area contributed by atoms with Crippen LogP contribution in [0.5, 0.6) is 0 Å². The SMILES string of the molecule is CCC(C)C(N)C(=O)NC(CCCCN)C(=O)NC(CCCCN)C(=O)NC(CCC(N)=O)C(=O)O. The first-order valence-electron chi connectivity index (χ1n) is 12.6. The van der Waals surface area contributed by atoms with E-state index in [1.54, 1.807) is 0 Å². The number of hydrogen-bond acceptors (Lipinski definition) is 8. The average Bonchev–Trinajstić information content (AvgIpc) is 2.83. The van der Waals surface area contributed by atoms with E-state index in [0.29, 0.717) is 45.2 Å². The van der Waals surface area contributed by atoms with E-state index in [2.05, 4.69) is 16.0 Å². The molecule has 0 heterocycles. The lowest BCUT2D eigenvalue weighted by molar-refractivity contribution is -0.142. The molecule has 0 aliphatic rings. The van der Waals surface area contributed by atoms with Gasteiger partial charge in [0.25, 0.3) is 0 Å². The van der Waals surface area contributed by atoms with Crippen molar-refractivity contribution in [3.05, 3.63) is 0 Å². The van der Waals surface area contributed by atoms with E-state index in [0.717, 1.165) is 0 Å². The summed E-state index contributed by atoms with van der Waals surface area (Å²) in [5, 5.41) is 17.1. The standard InChI is InChI=1S/C23H45N7O6/c1-3-14(2)19(27)22(34)29-16(9-5-7-13-25)20(32)28-15(8-4-6-12-24)21(33)30-17(23(35)36)10-11-18(26)31/h14-17,19H,3-13,24-25,27H2,1-2H3,(H2,26,31)(H,28,32)(H,29,34)(H,30,33)(H,35,36). The van der Waals surface area contributed by atoms with Crippen molar-refractivity contribution in [2.24, 2.45) is 28.9 Å². The highest BCUT2D eigenvalue weighted by molar-refractivity contribution is 5.94. The summed E-state index contributed by atoms with van der Waals surface area (Å²) in [4.78, 5) is 61.3. The molecule has 0 saturated heterocycles. The quantitative estimate of drug-likeness (QED) is 0.0870. The second-order valence-corrected chi connectivity index (χ2v) is 9.01. The van der Waals surface area contributed by atoms with Crippen LogP contribution in [0.2, 0.25) is 0 Å². The molecule has 4 amide bonds. The van der Waals surface area contributed by atoms with E-state index >= 15 is 0 Å². The first kappa shape index (κ1) is 33.2. The molecule has 0 bridgehead atoms. The van der Waals surface area contributed by atoms with Gasteiger partial charge < -0.3 is 44.0 Å². The molecule has 12 N–H and O–H groups in total. The van der Waals surface area contributed by atoms with Crippen molar-refractivity contribution in [2.45, 2.75) is 95.8 Å². The van der Waals surface area contributed by atoms with Crippen molar-refractivity contribution in [1.82, 2.24) is 16.0 Å². The van der Waals surface area contributed by atoms with Gasteiger partial charge in [0.05, 0.1) is 6.04 Å². The summed E-state index contributed by atoms with van der Waals surface area (Å²) in [7, 11) is 0. The monoisotopic (exact) mass is 515 g/mol. The van der Waals surface area contributed by atoms with Gasteiger partial charge in [-0.3, -0.25) is 19.2 Å². The summed E-state index contributed by atoms with van der Waals surface area (Å²) in [6, 6.07) is -4.18. The van der Waals surface area contributed by atoms with E-state index in [-0.39, 0.29) is 31.6 Å². The molecule has 0 fully saturated rings. The molecule has 208 valence electrons. The fourth-order valence-electron chi connectivity index (χ4n) is 3.39. The number of nitrogens with two attached hydrogens (primary N) is 4. The highest BCUT2D eigenvalue weighted by atomic mass is 16.4. The normalized spacial score (nSPS) is 15.1. The molecule has 5 atom stereocenters. The van der Waals surface area contributed by atoms with Crippen molar-refractivity contribution in [3.8, 4) is 0 Å². The zero-order valence-electron chi connectivity index (χ0n) is 21.5. The number of carbonyl (C=O) groups excluding carboxylic acids is 4. The van der Waals surface area contributed by atoms with E-state index in [4.69, 9.17) is 22.9 Å². The van der Waals surface area contributed by atoms with Crippen LogP contribution in [0.4, 0.5) is 0 Å². The zero-order chi connectivity index (χ0) is 27.7. The second-order valence-electron chi connectivity index (χ2n) is 9.01. The van der Waals surface area contributed by atoms with E-state index < -0.39 is 53.8 Å². The number of carboxylic acids is 1. The molecule has 0 rings (SSSR count). The van der Waals surface area contributed by atoms with Crippen LogP contribution in [-0.4, -0.2) is 72.0 Å². The molecular formula is C23H45N7O6. The van der Waals surface area contributed by atoms with Crippen molar-refractivity contribution in [1.29, 1.82) is 0 Å². The number of primary amides is 1. The number of aliphatic carboxylic acids is 1. The molecule has 0 radical (unpaired) electrons. The number of rotatable bonds is 20. The van der Waals surface area contributed by atoms with Crippen molar-refractivity contribution in [3.63, 3.8) is 0 Å². The first-order chi connectivity index (χ1) is 17.0. The predicted molar refractivity (Wildman–Crippen MR) is 135 cm³/mol. The van der Waals surface area contributed by atoms with Crippen LogP contribution in [0.1, 0.15) is 71.6 Å². The van der Waals surface area contributed by atoms with Crippen LogP contribution in [0.15, 0.2) is 0 Å². The van der Waals surface area contributed by atoms with Gasteiger partial charge in [0.1, 0.15) is 18.1 Å². The van der Waals surface area contributed by atoms with Gasteiger partial charge in [-0.2, -0.15) is 0 Å². The Labute approximate surface area is 212 Å². The first-order valence-corrected chi connectivity index (χ1v) is 12.6. The summed E-state index contributed by atoms with van der Waals surface area (Å²) < 4.78 is 0. The lowest BCUT2D eigenvalue weighted by Gasteiger charge is -2.26. The molecule has 0 aliphatic carbocycles. The number of hydrogen-bond donors (Lipinski definition) is 8. The van der Waals surface area contributed by atoms with Gasteiger partial charge in [0.2, 0.25) is 23.6 Å². The van der Waals surface area contributed by atoms with Crippen molar-refractivity contribution < 1.29 is 29.1 Å². The van der Waals surface area contributed by atoms with Gasteiger partial charge in [-0.1, -0.05) is 20.3 Å². The van der Waals surface area contributed by atoms with Gasteiger partial charge in [0, 0.05) is 6.42 Å². The molecule has 36 heavy (non-hydrogen) atoms. The molecule has 13 heteroatoms. The summed E-state index contributed by atoms with van der Waals surface area (Å²) in [6.07, 6.45) is 3.04. The number of nitrogens with one attached hydrogen (secondary N) is 3. The Bertz CT molecular complexity index is 721. The maximum atomic E-state index is 13.1. The van der Waals surface area contributed by atoms with E-state index in [1.165, 1.54) is 0 Å². The third kappa shape index (κ3) is 13.4. The minimum absolute atomic E-state index is 0.0964. The van der Waals surface area contributed by atoms with E-state index in [9.17, 15) is 29.1 Å². The minimum Gasteiger partial charge on any atom is -0.480 e. The zero-order valence-corrected chi connectivity index (χ0v) is 21.5. The Kier molecular flexibility index (Phi) is 17.1. The Morgan fingerprint density at radius 2 is 1.19 bits per heavy atom. The highest BCUT2D eigenvalue weighted by Gasteiger charge is 2.30. The molecule has 0 spiro atoms. The third-order valence-electron chi connectivity index (χ3n) is 6.01. The van der Waals surface area contributed by atoms with Gasteiger partial charge in [-0.25, -0.2) is 4.79 Å². The van der Waals surface area contributed by atoms with Crippen LogP contribution in [-0.2, 0) is 24.0 Å². The second kappa shape index (κ2) is 18.5. The Morgan fingerprint density at radius 1 is 0.750 bits per heavy atom. The summed E-state index contributed by atoms with van der Waals surface area (Å²) >= 11 is 0.